The van der Waals surface area contributed by atoms with Gasteiger partial charge in [0.25, 0.3) is 0 Å². The predicted molar refractivity (Wildman–Crippen MR) is 69.1 cm³/mol. The van der Waals surface area contributed by atoms with Crippen LogP contribution in [0.25, 0.3) is 0 Å². The van der Waals surface area contributed by atoms with Gasteiger partial charge in [-0.3, -0.25) is 0 Å². The number of terminal acetylenes is 1. The summed E-state index contributed by atoms with van der Waals surface area (Å²) in [5, 5.41) is 5.10. The number of halogens is 1. The topological polar surface area (TPSA) is 69.4 Å². The third-order valence-corrected chi connectivity index (χ3v) is 3.36. The maximum absolute atomic E-state index is 11.3. The SMILES string of the molecule is C#CCCCOc1ccc(Br)cc1S(N)(=O)=O. The van der Waals surface area contributed by atoms with Crippen LogP contribution in [0, 0.1) is 12.3 Å². The highest BCUT2D eigenvalue weighted by atomic mass is 79.9. The molecule has 0 spiro atoms. The van der Waals surface area contributed by atoms with Gasteiger partial charge in [0.15, 0.2) is 0 Å². The zero-order valence-electron chi connectivity index (χ0n) is 9.02. The van der Waals surface area contributed by atoms with Gasteiger partial charge in [-0.1, -0.05) is 15.9 Å². The fraction of sp³-hybridized carbons (Fsp3) is 0.273. The average molecular weight is 318 g/mol. The molecule has 0 saturated heterocycles. The first-order valence-electron chi connectivity index (χ1n) is 4.84. The molecule has 0 saturated carbocycles. The van der Waals surface area contributed by atoms with Crippen LogP contribution in [0.5, 0.6) is 5.75 Å². The van der Waals surface area contributed by atoms with Crippen molar-refractivity contribution >= 4 is 26.0 Å². The van der Waals surface area contributed by atoms with E-state index in [-0.39, 0.29) is 10.6 Å². The summed E-state index contributed by atoms with van der Waals surface area (Å²) in [5.41, 5.74) is 0. The molecular formula is C11H12BrNO3S. The second-order valence-corrected chi connectivity index (χ2v) is 5.74. The Morgan fingerprint density at radius 2 is 2.18 bits per heavy atom. The van der Waals surface area contributed by atoms with Crippen LogP contribution in [-0.2, 0) is 10.0 Å². The molecule has 0 heterocycles. The van der Waals surface area contributed by atoms with E-state index < -0.39 is 10.0 Å². The number of ether oxygens (including phenoxy) is 1. The Labute approximate surface area is 109 Å². The normalized spacial score (nSPS) is 10.9. The van der Waals surface area contributed by atoms with E-state index in [0.717, 1.165) is 0 Å². The molecule has 17 heavy (non-hydrogen) atoms. The third kappa shape index (κ3) is 4.38. The number of primary sulfonamides is 1. The van der Waals surface area contributed by atoms with Crippen LogP contribution in [-0.4, -0.2) is 15.0 Å². The molecule has 1 aromatic carbocycles. The van der Waals surface area contributed by atoms with Gasteiger partial charge in [0.1, 0.15) is 10.6 Å². The van der Waals surface area contributed by atoms with Crippen molar-refractivity contribution in [1.29, 1.82) is 0 Å². The van der Waals surface area contributed by atoms with Crippen molar-refractivity contribution in [2.75, 3.05) is 6.61 Å². The van der Waals surface area contributed by atoms with Crippen LogP contribution < -0.4 is 9.88 Å². The molecule has 0 aromatic heterocycles. The predicted octanol–water partition coefficient (Wildman–Crippen LogP) is 1.89. The fourth-order valence-corrected chi connectivity index (χ4v) is 2.39. The lowest BCUT2D eigenvalue weighted by Gasteiger charge is -2.09. The molecule has 92 valence electrons. The summed E-state index contributed by atoms with van der Waals surface area (Å²) in [7, 11) is -3.79. The minimum atomic E-state index is -3.79. The monoisotopic (exact) mass is 317 g/mol. The second kappa shape index (κ2) is 6.05. The minimum absolute atomic E-state index is 0.0346. The molecule has 0 bridgehead atoms. The number of unbranched alkanes of at least 4 members (excludes halogenated alkanes) is 1. The average Bonchev–Trinajstić information content (AvgIpc) is 2.25. The first-order chi connectivity index (χ1) is 7.95. The summed E-state index contributed by atoms with van der Waals surface area (Å²) in [6, 6.07) is 4.65. The Morgan fingerprint density at radius 3 is 2.76 bits per heavy atom. The van der Waals surface area contributed by atoms with E-state index in [2.05, 4.69) is 21.9 Å². The quantitative estimate of drug-likeness (QED) is 0.666. The van der Waals surface area contributed by atoms with Gasteiger partial charge in [-0.25, -0.2) is 13.6 Å². The van der Waals surface area contributed by atoms with E-state index in [1.165, 1.54) is 6.07 Å². The van der Waals surface area contributed by atoms with Crippen molar-refractivity contribution in [1.82, 2.24) is 0 Å². The second-order valence-electron chi connectivity index (χ2n) is 3.29. The molecule has 4 nitrogen and oxygen atoms in total. The molecular weight excluding hydrogens is 306 g/mol. The number of benzene rings is 1. The van der Waals surface area contributed by atoms with E-state index in [1.54, 1.807) is 12.1 Å². The van der Waals surface area contributed by atoms with Crippen LogP contribution in [0.4, 0.5) is 0 Å². The van der Waals surface area contributed by atoms with E-state index >= 15 is 0 Å². The summed E-state index contributed by atoms with van der Waals surface area (Å²) in [6.45, 7) is 0.356. The number of nitrogens with two attached hydrogens (primary N) is 1. The van der Waals surface area contributed by atoms with Crippen molar-refractivity contribution in [3.63, 3.8) is 0 Å². The Hall–Kier alpha value is -1.03. The zero-order chi connectivity index (χ0) is 12.9. The molecule has 6 heteroatoms. The molecule has 0 unspecified atom stereocenters. The molecule has 0 aliphatic rings. The third-order valence-electron chi connectivity index (χ3n) is 1.94. The molecule has 0 fully saturated rings. The Morgan fingerprint density at radius 1 is 1.47 bits per heavy atom. The molecule has 1 rings (SSSR count). The van der Waals surface area contributed by atoms with E-state index in [4.69, 9.17) is 16.3 Å². The van der Waals surface area contributed by atoms with Crippen LogP contribution in [0.2, 0.25) is 0 Å². The van der Waals surface area contributed by atoms with Gasteiger partial charge in [0.05, 0.1) is 6.61 Å². The summed E-state index contributed by atoms with van der Waals surface area (Å²) in [5.74, 6) is 2.72. The van der Waals surface area contributed by atoms with E-state index in [9.17, 15) is 8.42 Å². The summed E-state index contributed by atoms with van der Waals surface area (Å²) < 4.78 is 28.6. The van der Waals surface area contributed by atoms with E-state index in [1.807, 2.05) is 0 Å². The van der Waals surface area contributed by atoms with Crippen molar-refractivity contribution in [3.8, 4) is 18.1 Å². The lowest BCUT2D eigenvalue weighted by Crippen LogP contribution is -2.14. The first kappa shape index (κ1) is 14.0. The first-order valence-corrected chi connectivity index (χ1v) is 7.17. The molecule has 1 aromatic rings. The van der Waals surface area contributed by atoms with Crippen molar-refractivity contribution < 1.29 is 13.2 Å². The highest BCUT2D eigenvalue weighted by Crippen LogP contribution is 2.26. The van der Waals surface area contributed by atoms with Crippen LogP contribution >= 0.6 is 15.9 Å². The van der Waals surface area contributed by atoms with Gasteiger partial charge in [0, 0.05) is 10.9 Å². The van der Waals surface area contributed by atoms with Crippen LogP contribution in [0.3, 0.4) is 0 Å². The summed E-state index contributed by atoms with van der Waals surface area (Å²) >= 11 is 3.18. The number of rotatable bonds is 5. The largest absolute Gasteiger partial charge is 0.492 e. The molecule has 0 atom stereocenters. The Bertz CT molecular complexity index is 534. The Balaban J connectivity index is 2.89. The van der Waals surface area contributed by atoms with Gasteiger partial charge < -0.3 is 4.74 Å². The van der Waals surface area contributed by atoms with Gasteiger partial charge in [0.2, 0.25) is 10.0 Å². The van der Waals surface area contributed by atoms with Gasteiger partial charge in [-0.2, -0.15) is 0 Å². The molecule has 0 radical (unpaired) electrons. The summed E-state index contributed by atoms with van der Waals surface area (Å²) in [4.78, 5) is -0.0346. The van der Waals surface area contributed by atoms with Crippen LogP contribution in [0.15, 0.2) is 27.6 Å². The molecule has 0 aliphatic carbocycles. The zero-order valence-corrected chi connectivity index (χ0v) is 11.4. The van der Waals surface area contributed by atoms with Crippen molar-refractivity contribution in [2.24, 2.45) is 5.14 Å². The van der Waals surface area contributed by atoms with E-state index in [0.29, 0.717) is 23.9 Å². The van der Waals surface area contributed by atoms with Crippen LogP contribution in [0.1, 0.15) is 12.8 Å². The number of sulfonamides is 1. The van der Waals surface area contributed by atoms with Crippen molar-refractivity contribution in [3.05, 3.63) is 22.7 Å². The fourth-order valence-electron chi connectivity index (χ4n) is 1.18. The highest BCUT2D eigenvalue weighted by Gasteiger charge is 2.15. The lowest BCUT2D eigenvalue weighted by molar-refractivity contribution is 0.305. The molecule has 0 amide bonds. The van der Waals surface area contributed by atoms with Gasteiger partial charge >= 0.3 is 0 Å². The summed E-state index contributed by atoms with van der Waals surface area (Å²) in [6.07, 6.45) is 6.35. The maximum Gasteiger partial charge on any atom is 0.241 e. The maximum atomic E-state index is 11.3. The highest BCUT2D eigenvalue weighted by molar-refractivity contribution is 9.10. The standard InChI is InChI=1S/C11H12BrNO3S/c1-2-3-4-7-16-10-6-5-9(12)8-11(10)17(13,14)15/h1,5-6,8H,3-4,7H2,(H2,13,14,15). The van der Waals surface area contributed by atoms with Gasteiger partial charge in [-0.15, -0.1) is 12.3 Å². The minimum Gasteiger partial charge on any atom is -0.492 e. The number of hydrogen-bond donors (Lipinski definition) is 1. The number of hydrogen-bond acceptors (Lipinski definition) is 3. The Kier molecular flexibility index (Phi) is 5.00. The lowest BCUT2D eigenvalue weighted by atomic mass is 10.3. The van der Waals surface area contributed by atoms with Gasteiger partial charge in [-0.05, 0) is 24.6 Å². The molecule has 2 N–H and O–H groups in total. The molecule has 0 aliphatic heterocycles. The smallest absolute Gasteiger partial charge is 0.241 e. The van der Waals surface area contributed by atoms with Crippen molar-refractivity contribution in [2.45, 2.75) is 17.7 Å².